The van der Waals surface area contributed by atoms with Crippen LogP contribution >= 0.6 is 0 Å². The van der Waals surface area contributed by atoms with E-state index in [4.69, 9.17) is 4.74 Å². The van der Waals surface area contributed by atoms with Gasteiger partial charge in [0.05, 0.1) is 7.11 Å². The first kappa shape index (κ1) is 21.7. The lowest BCUT2D eigenvalue weighted by atomic mass is 9.78. The molecule has 158 valence electrons. The van der Waals surface area contributed by atoms with Crippen molar-refractivity contribution < 1.29 is 9.84 Å². The highest BCUT2D eigenvalue weighted by Gasteiger charge is 2.23. The van der Waals surface area contributed by atoms with Crippen LogP contribution < -0.4 is 4.74 Å². The van der Waals surface area contributed by atoms with E-state index in [1.54, 1.807) is 7.11 Å². The fourth-order valence-electron chi connectivity index (χ4n) is 4.57. The quantitative estimate of drug-likeness (QED) is 0.693. The minimum Gasteiger partial charge on any atom is -0.508 e. The van der Waals surface area contributed by atoms with E-state index in [-0.39, 0.29) is 0 Å². The zero-order valence-electron chi connectivity index (χ0n) is 18.4. The van der Waals surface area contributed by atoms with Crippen molar-refractivity contribution in [2.24, 2.45) is 0 Å². The second-order valence-electron chi connectivity index (χ2n) is 8.27. The SMILES string of the molecule is CC[C@H](c1ccc(O)c(CN2CCN(C)CC2)c1)[C@@H](CC)c1ccc(OC)cc1. The Morgan fingerprint density at radius 1 is 0.897 bits per heavy atom. The summed E-state index contributed by atoms with van der Waals surface area (Å²) in [6, 6.07) is 14.8. The average Bonchev–Trinajstić information content (AvgIpc) is 2.75. The molecule has 0 bridgehead atoms. The molecule has 0 amide bonds. The predicted octanol–water partition coefficient (Wildman–Crippen LogP) is 4.84. The number of nitrogens with zero attached hydrogens (tertiary/aromatic N) is 2. The van der Waals surface area contributed by atoms with Crippen LogP contribution in [-0.2, 0) is 6.54 Å². The van der Waals surface area contributed by atoms with Crippen LogP contribution in [0.25, 0.3) is 0 Å². The number of phenols is 1. The van der Waals surface area contributed by atoms with Crippen molar-refractivity contribution in [2.45, 2.75) is 45.1 Å². The molecule has 0 aliphatic carbocycles. The minimum atomic E-state index is 0.417. The molecular weight excluding hydrogens is 360 g/mol. The Morgan fingerprint density at radius 2 is 1.48 bits per heavy atom. The molecule has 2 aromatic rings. The molecule has 2 atom stereocenters. The number of piperazine rings is 1. The van der Waals surface area contributed by atoms with E-state index >= 15 is 0 Å². The molecule has 1 fully saturated rings. The van der Waals surface area contributed by atoms with Crippen LogP contribution in [0.1, 0.15) is 55.2 Å². The second-order valence-corrected chi connectivity index (χ2v) is 8.27. The van der Waals surface area contributed by atoms with Gasteiger partial charge in [0, 0.05) is 38.3 Å². The molecule has 1 aliphatic heterocycles. The van der Waals surface area contributed by atoms with E-state index in [0.717, 1.165) is 56.9 Å². The summed E-state index contributed by atoms with van der Waals surface area (Å²) in [6.45, 7) is 9.65. The lowest BCUT2D eigenvalue weighted by molar-refractivity contribution is 0.147. The summed E-state index contributed by atoms with van der Waals surface area (Å²) in [7, 11) is 3.88. The van der Waals surface area contributed by atoms with Crippen molar-refractivity contribution in [3.05, 3.63) is 59.2 Å². The van der Waals surface area contributed by atoms with Crippen LogP contribution in [0, 0.1) is 0 Å². The van der Waals surface area contributed by atoms with Crippen molar-refractivity contribution in [3.63, 3.8) is 0 Å². The van der Waals surface area contributed by atoms with Crippen molar-refractivity contribution in [2.75, 3.05) is 40.3 Å². The molecule has 0 unspecified atom stereocenters. The van der Waals surface area contributed by atoms with Gasteiger partial charge in [-0.05, 0) is 61.1 Å². The molecule has 1 aliphatic rings. The first-order chi connectivity index (χ1) is 14.0. The largest absolute Gasteiger partial charge is 0.508 e. The van der Waals surface area contributed by atoms with E-state index in [9.17, 15) is 5.11 Å². The summed E-state index contributed by atoms with van der Waals surface area (Å²) in [5.74, 6) is 2.20. The third kappa shape index (κ3) is 5.31. The fourth-order valence-corrected chi connectivity index (χ4v) is 4.57. The Kier molecular flexibility index (Phi) is 7.57. The number of hydrogen-bond acceptors (Lipinski definition) is 4. The van der Waals surface area contributed by atoms with E-state index in [1.165, 1.54) is 11.1 Å². The van der Waals surface area contributed by atoms with E-state index in [1.807, 2.05) is 6.07 Å². The van der Waals surface area contributed by atoms with Crippen molar-refractivity contribution in [3.8, 4) is 11.5 Å². The van der Waals surface area contributed by atoms with Crippen LogP contribution in [0.5, 0.6) is 11.5 Å². The van der Waals surface area contributed by atoms with Gasteiger partial charge in [-0.15, -0.1) is 0 Å². The number of benzene rings is 2. The number of methoxy groups -OCH3 is 1. The Balaban J connectivity index is 1.82. The van der Waals surface area contributed by atoms with Crippen molar-refractivity contribution >= 4 is 0 Å². The van der Waals surface area contributed by atoms with Gasteiger partial charge in [0.1, 0.15) is 11.5 Å². The standard InChI is InChI=1S/C25H36N2O2/c1-5-23(19-7-10-22(29-4)11-8-19)24(6-2)20-9-12-25(28)21(17-20)18-27-15-13-26(3)14-16-27/h7-12,17,23-24,28H,5-6,13-16,18H2,1-4H3/t23-,24+/m0/s1. The fraction of sp³-hybridized carbons (Fsp3) is 0.520. The van der Waals surface area contributed by atoms with Crippen LogP contribution in [0.3, 0.4) is 0 Å². The molecule has 1 heterocycles. The Hall–Kier alpha value is -2.04. The molecule has 0 aromatic heterocycles. The molecule has 0 spiro atoms. The maximum Gasteiger partial charge on any atom is 0.120 e. The summed E-state index contributed by atoms with van der Waals surface area (Å²) in [5, 5.41) is 10.5. The van der Waals surface area contributed by atoms with Crippen LogP contribution in [0.2, 0.25) is 0 Å². The Bertz CT molecular complexity index is 767. The van der Waals surface area contributed by atoms with Gasteiger partial charge in [0.25, 0.3) is 0 Å². The maximum absolute atomic E-state index is 10.5. The number of hydrogen-bond donors (Lipinski definition) is 1. The van der Waals surface area contributed by atoms with Crippen molar-refractivity contribution in [1.82, 2.24) is 9.80 Å². The number of likely N-dealkylation sites (N-methyl/N-ethyl adjacent to an activating group) is 1. The normalized spacial score (nSPS) is 17.8. The molecule has 1 N–H and O–H groups in total. The predicted molar refractivity (Wildman–Crippen MR) is 120 cm³/mol. The summed E-state index contributed by atoms with van der Waals surface area (Å²) < 4.78 is 5.33. The summed E-state index contributed by atoms with van der Waals surface area (Å²) in [4.78, 5) is 4.81. The van der Waals surface area contributed by atoms with Crippen LogP contribution in [-0.4, -0.2) is 55.2 Å². The summed E-state index contributed by atoms with van der Waals surface area (Å²) in [6.07, 6.45) is 2.16. The number of rotatable bonds is 8. The molecule has 4 heteroatoms. The third-order valence-electron chi connectivity index (χ3n) is 6.43. The topological polar surface area (TPSA) is 35.9 Å². The van der Waals surface area contributed by atoms with E-state index < -0.39 is 0 Å². The zero-order chi connectivity index (χ0) is 20.8. The van der Waals surface area contributed by atoms with E-state index in [2.05, 4.69) is 67.1 Å². The highest BCUT2D eigenvalue weighted by Crippen LogP contribution is 2.39. The highest BCUT2D eigenvalue weighted by atomic mass is 16.5. The molecule has 29 heavy (non-hydrogen) atoms. The number of ether oxygens (including phenoxy) is 1. The highest BCUT2D eigenvalue weighted by molar-refractivity contribution is 5.40. The number of phenolic OH excluding ortho intramolecular Hbond substituents is 1. The van der Waals surface area contributed by atoms with Gasteiger partial charge >= 0.3 is 0 Å². The van der Waals surface area contributed by atoms with Crippen LogP contribution in [0.15, 0.2) is 42.5 Å². The lowest BCUT2D eigenvalue weighted by Crippen LogP contribution is -2.43. The average molecular weight is 397 g/mol. The van der Waals surface area contributed by atoms with Gasteiger partial charge in [-0.1, -0.05) is 38.1 Å². The minimum absolute atomic E-state index is 0.417. The molecule has 3 rings (SSSR count). The first-order valence-electron chi connectivity index (χ1n) is 10.9. The van der Waals surface area contributed by atoms with Gasteiger partial charge in [-0.2, -0.15) is 0 Å². The van der Waals surface area contributed by atoms with E-state index in [0.29, 0.717) is 17.6 Å². The smallest absolute Gasteiger partial charge is 0.120 e. The van der Waals surface area contributed by atoms with Gasteiger partial charge in [0.2, 0.25) is 0 Å². The molecule has 0 radical (unpaired) electrons. The molecule has 4 nitrogen and oxygen atoms in total. The molecular formula is C25H36N2O2. The van der Waals surface area contributed by atoms with Gasteiger partial charge in [0.15, 0.2) is 0 Å². The Labute approximate surface area is 176 Å². The van der Waals surface area contributed by atoms with Gasteiger partial charge in [-0.25, -0.2) is 0 Å². The van der Waals surface area contributed by atoms with Gasteiger partial charge < -0.3 is 14.7 Å². The lowest BCUT2D eigenvalue weighted by Gasteiger charge is -2.33. The zero-order valence-corrected chi connectivity index (χ0v) is 18.4. The maximum atomic E-state index is 10.5. The first-order valence-corrected chi connectivity index (χ1v) is 10.9. The number of aromatic hydroxyl groups is 1. The molecule has 1 saturated heterocycles. The second kappa shape index (κ2) is 10.1. The van der Waals surface area contributed by atoms with Crippen LogP contribution in [0.4, 0.5) is 0 Å². The van der Waals surface area contributed by atoms with Crippen molar-refractivity contribution in [1.29, 1.82) is 0 Å². The summed E-state index contributed by atoms with van der Waals surface area (Å²) in [5.41, 5.74) is 3.74. The third-order valence-corrected chi connectivity index (χ3v) is 6.43. The molecule has 2 aromatic carbocycles. The molecule has 0 saturated carbocycles. The van der Waals surface area contributed by atoms with Gasteiger partial charge in [-0.3, -0.25) is 4.90 Å². The monoisotopic (exact) mass is 396 g/mol. The Morgan fingerprint density at radius 3 is 2.07 bits per heavy atom. The summed E-state index contributed by atoms with van der Waals surface area (Å²) >= 11 is 0.